The van der Waals surface area contributed by atoms with Crippen molar-refractivity contribution in [2.45, 2.75) is 116 Å². The van der Waals surface area contributed by atoms with E-state index in [9.17, 15) is 9.59 Å². The van der Waals surface area contributed by atoms with E-state index in [1.807, 2.05) is 41.6 Å². The van der Waals surface area contributed by atoms with Crippen LogP contribution < -0.4 is 10.9 Å². The molecule has 7 rings (SSSR count). The second-order valence-corrected chi connectivity index (χ2v) is 16.3. The zero-order valence-corrected chi connectivity index (χ0v) is 37.9. The van der Waals surface area contributed by atoms with Crippen molar-refractivity contribution in [1.82, 2.24) is 35.3 Å². The minimum absolute atomic E-state index is 0. The van der Waals surface area contributed by atoms with Crippen molar-refractivity contribution >= 4 is 28.3 Å². The molecule has 57 heavy (non-hydrogen) atoms. The first-order chi connectivity index (χ1) is 26.9. The first-order valence-corrected chi connectivity index (χ1v) is 19.8. The van der Waals surface area contributed by atoms with E-state index in [4.69, 9.17) is 14.7 Å². The topological polar surface area (TPSA) is 133 Å². The van der Waals surface area contributed by atoms with Crippen molar-refractivity contribution < 1.29 is 45.4 Å². The molecular weight excluding hydrogens is 941 g/mol. The van der Waals surface area contributed by atoms with Gasteiger partial charge in [-0.1, -0.05) is 24.3 Å². The molecule has 1 fully saturated rings. The average molecular weight is 994 g/mol. The fourth-order valence-electron chi connectivity index (χ4n) is 8.14. The molecule has 0 radical (unpaired) electrons. The molecule has 296 valence electrons. The van der Waals surface area contributed by atoms with Gasteiger partial charge < -0.3 is 26.8 Å². The maximum atomic E-state index is 15.2. The zero-order chi connectivity index (χ0) is 39.6. The molecule has 2 amide bonds. The number of carbonyl (C=O) groups excluding carboxylic acids is 2. The van der Waals surface area contributed by atoms with Gasteiger partial charge in [-0.05, 0) is 113 Å². The van der Waals surface area contributed by atoms with E-state index < -0.39 is 17.1 Å². The number of aromatic nitrogens is 4. The van der Waals surface area contributed by atoms with Crippen LogP contribution in [0.5, 0.6) is 0 Å². The number of unbranched alkanes of at least 4 members (excludes halogenated alkanes) is 2. The summed E-state index contributed by atoms with van der Waals surface area (Å²) in [5, 5.41) is 10.6. The summed E-state index contributed by atoms with van der Waals surface area (Å²) in [5.41, 5.74) is 7.12. The molecule has 1 aromatic carbocycles. The van der Waals surface area contributed by atoms with Gasteiger partial charge in [0.15, 0.2) is 0 Å². The maximum Gasteiger partial charge on any atom is 2.00 e. The summed E-state index contributed by atoms with van der Waals surface area (Å²) in [5.74, 6) is 0.0236. The summed E-state index contributed by atoms with van der Waals surface area (Å²) in [4.78, 5) is 54.8. The van der Waals surface area contributed by atoms with Gasteiger partial charge in [0.25, 0.3) is 5.56 Å². The fraction of sp³-hybridized carbons (Fsp3) is 0.422. The van der Waals surface area contributed by atoms with Gasteiger partial charge in [-0.15, -0.1) is 6.42 Å². The number of nitrogens with zero attached hydrogens (tertiary/aromatic N) is 5. The Labute approximate surface area is 359 Å². The van der Waals surface area contributed by atoms with Crippen molar-refractivity contribution in [1.29, 1.82) is 0 Å². The molecule has 12 heteroatoms. The molecule has 0 bridgehead atoms. The van der Waals surface area contributed by atoms with E-state index in [0.717, 1.165) is 67.6 Å². The number of amides is 2. The molecule has 1 aliphatic heterocycles. The molecule has 0 spiro atoms. The Bertz CT molecular complexity index is 2240. The molecular formula is C45H53N7O4U. The van der Waals surface area contributed by atoms with Gasteiger partial charge in [-0.3, -0.25) is 19.6 Å². The molecule has 3 aliphatic rings. The number of hydrogen-bond donors (Lipinski definition) is 2. The average Bonchev–Trinajstić information content (AvgIpc) is 3.99. The van der Waals surface area contributed by atoms with E-state index in [1.165, 1.54) is 22.4 Å². The Kier molecular flexibility index (Phi) is 13.1. The Balaban J connectivity index is 0.00000549. The number of aromatic amines is 1. The second-order valence-electron chi connectivity index (χ2n) is 16.3. The molecule has 0 saturated heterocycles. The van der Waals surface area contributed by atoms with Gasteiger partial charge >= 0.3 is 37.2 Å². The minimum atomic E-state index is -0.779. The first kappa shape index (κ1) is 42.3. The van der Waals surface area contributed by atoms with Gasteiger partial charge in [0.05, 0.1) is 47.0 Å². The Morgan fingerprint density at radius 2 is 1.93 bits per heavy atom. The Hall–Kier alpha value is -4.27. The number of rotatable bonds is 12. The second kappa shape index (κ2) is 17.7. The van der Waals surface area contributed by atoms with Gasteiger partial charge in [0.1, 0.15) is 5.60 Å². The number of ether oxygens (including phenoxy) is 1. The van der Waals surface area contributed by atoms with Crippen molar-refractivity contribution in [3.05, 3.63) is 130 Å². The third kappa shape index (κ3) is 9.23. The molecule has 4 aromatic rings. The van der Waals surface area contributed by atoms with Crippen LogP contribution in [0.1, 0.15) is 119 Å². The normalized spacial score (nSPS) is 17.3. The number of carbonyl (C=O) groups is 2. The van der Waals surface area contributed by atoms with Gasteiger partial charge in [0, 0.05) is 35.5 Å². The molecule has 2 N–H and O–H groups in total. The van der Waals surface area contributed by atoms with Crippen LogP contribution in [-0.4, -0.2) is 54.1 Å². The number of fused-ring (bicyclic) bond motifs is 2. The molecule has 1 saturated carbocycles. The maximum absolute atomic E-state index is 15.2. The number of hydrogen-bond acceptors (Lipinski definition) is 8. The molecule has 11 nitrogen and oxygen atoms in total. The van der Waals surface area contributed by atoms with Crippen LogP contribution in [0.2, 0.25) is 0 Å². The number of aryl methyl sites for hydroxylation is 1. The van der Waals surface area contributed by atoms with E-state index in [0.29, 0.717) is 35.9 Å². The Morgan fingerprint density at radius 3 is 2.65 bits per heavy atom. The number of benzene rings is 1. The molecule has 3 aromatic heterocycles. The summed E-state index contributed by atoms with van der Waals surface area (Å²) >= 11 is 0. The van der Waals surface area contributed by atoms with Crippen LogP contribution in [0.3, 0.4) is 0 Å². The van der Waals surface area contributed by atoms with Gasteiger partial charge in [-0.2, -0.15) is 17.9 Å². The number of H-pyrrole nitrogens is 1. The van der Waals surface area contributed by atoms with Crippen molar-refractivity contribution in [3.8, 4) is 0 Å². The van der Waals surface area contributed by atoms with E-state index in [2.05, 4.69) is 65.9 Å². The van der Waals surface area contributed by atoms with E-state index >= 15 is 4.79 Å². The Morgan fingerprint density at radius 1 is 1.12 bits per heavy atom. The van der Waals surface area contributed by atoms with Crippen molar-refractivity contribution in [2.24, 2.45) is 0 Å². The van der Waals surface area contributed by atoms with Gasteiger partial charge in [-0.25, -0.2) is 16.4 Å². The third-order valence-electron chi connectivity index (χ3n) is 11.2. The largest absolute Gasteiger partial charge is 2.00 e. The van der Waals surface area contributed by atoms with Crippen LogP contribution in [0.25, 0.3) is 16.3 Å². The molecule has 1 unspecified atom stereocenters. The smallest absolute Gasteiger partial charge is 0.522 e. The van der Waals surface area contributed by atoms with E-state index in [1.54, 1.807) is 26.8 Å². The van der Waals surface area contributed by atoms with E-state index in [-0.39, 0.29) is 55.2 Å². The first-order valence-electron chi connectivity index (χ1n) is 19.8. The summed E-state index contributed by atoms with van der Waals surface area (Å²) in [6.45, 7) is 17.2. The number of pyridine rings is 2. The number of allylic oxidation sites excluding steroid dienone is 3. The van der Waals surface area contributed by atoms with Crippen molar-refractivity contribution in [3.63, 3.8) is 0 Å². The fourth-order valence-corrected chi connectivity index (χ4v) is 8.14. The summed E-state index contributed by atoms with van der Waals surface area (Å²) in [6.07, 6.45) is 12.4. The zero-order valence-electron chi connectivity index (χ0n) is 33.8. The van der Waals surface area contributed by atoms with Crippen LogP contribution >= 0.6 is 0 Å². The number of alkyl carbamates (subject to hydrolysis) is 1. The van der Waals surface area contributed by atoms with Crippen LogP contribution in [0.4, 0.5) is 4.79 Å². The summed E-state index contributed by atoms with van der Waals surface area (Å²) < 4.78 is 5.42. The van der Waals surface area contributed by atoms with Crippen LogP contribution in [-0.2, 0) is 34.5 Å². The molecule has 2 aliphatic carbocycles. The number of nitrogens with one attached hydrogen (secondary N) is 2. The molecule has 4 heterocycles. The standard InChI is InChI=1S/C45H53N7O4.U/c1-7-8-9-23-51-24-19-29(2)39(30(51)3)32-15-17-34(47-26-32)28-52(38-14-10-12-31-13-11-22-46-40(31)38)42(54)45(20-21-45)33-16-18-35-36(25-33)37(49-50-41(35)53)27-48-43(55)56-44(4,5)6;/h11,13,15-19,22-23,25-26,38H,1,7-10,12,14,20-21,24,27-28H2,2-6H3,(H,48,55)(H,50,53);/q-2;+2. The summed E-state index contributed by atoms with van der Waals surface area (Å²) in [7, 11) is 0. The SMILES string of the molecule is [CH2-]CCC[CH-]N1CC=C(C)C(c2ccc(CN(C(=O)C3(c4ccc5c(=O)[nH]nc(CNC(=O)OC(C)(C)C)c5c4)CC3)C3CCCc4cccnc43)nc2)=C1C.[U+2]. The third-order valence-corrected chi connectivity index (χ3v) is 11.2. The predicted molar refractivity (Wildman–Crippen MR) is 218 cm³/mol. The van der Waals surface area contributed by atoms with Crippen molar-refractivity contribution in [2.75, 3.05) is 6.54 Å². The minimum Gasteiger partial charge on any atom is -0.522 e. The predicted octanol–water partition coefficient (Wildman–Crippen LogP) is 8.03. The van der Waals surface area contributed by atoms with Crippen LogP contribution in [0.15, 0.2) is 77.0 Å². The summed E-state index contributed by atoms with van der Waals surface area (Å²) in [6, 6.07) is 13.6. The van der Waals surface area contributed by atoms with Gasteiger partial charge in [0.2, 0.25) is 5.91 Å². The quantitative estimate of drug-likeness (QED) is 0.108. The molecule has 1 atom stereocenters. The van der Waals surface area contributed by atoms with Crippen LogP contribution in [0, 0.1) is 44.6 Å². The monoisotopic (exact) mass is 993 g/mol.